The van der Waals surface area contributed by atoms with Gasteiger partial charge in [0.25, 0.3) is 0 Å². The zero-order valence-corrected chi connectivity index (χ0v) is 31.0. The number of rotatable bonds is 37. The van der Waals surface area contributed by atoms with E-state index in [-0.39, 0.29) is 18.9 Å². The lowest BCUT2D eigenvalue weighted by Crippen LogP contribution is -2.46. The van der Waals surface area contributed by atoms with E-state index >= 15 is 0 Å². The van der Waals surface area contributed by atoms with Gasteiger partial charge in [0.05, 0.1) is 31.3 Å². The number of nitrogens with one attached hydrogen (secondary N) is 1. The summed E-state index contributed by atoms with van der Waals surface area (Å²) in [4.78, 5) is 12.4. The summed E-state index contributed by atoms with van der Waals surface area (Å²) < 4.78 is 0. The Morgan fingerprint density at radius 1 is 0.522 bits per heavy atom. The van der Waals surface area contributed by atoms with E-state index in [2.05, 4.69) is 31.3 Å². The number of carbonyl (C=O) groups is 1. The lowest BCUT2D eigenvalue weighted by Gasteiger charge is -2.23. The van der Waals surface area contributed by atoms with Gasteiger partial charge in [-0.05, 0) is 32.1 Å². The predicted octanol–water partition coefficient (Wildman–Crippen LogP) is 11.3. The third kappa shape index (κ3) is 33.0. The van der Waals surface area contributed by atoms with Crippen molar-refractivity contribution in [2.75, 3.05) is 6.61 Å². The molecule has 0 saturated carbocycles. The van der Waals surface area contributed by atoms with Gasteiger partial charge in [0.1, 0.15) is 0 Å². The van der Waals surface area contributed by atoms with Crippen molar-refractivity contribution in [3.05, 3.63) is 12.2 Å². The van der Waals surface area contributed by atoms with E-state index in [1.807, 2.05) is 0 Å². The molecule has 0 aromatic carbocycles. The maximum atomic E-state index is 12.4. The Bertz CT molecular complexity index is 640. The molecule has 0 bridgehead atoms. The summed E-state index contributed by atoms with van der Waals surface area (Å²) in [6, 6.07) is -0.658. The molecule has 5 nitrogen and oxygen atoms in total. The van der Waals surface area contributed by atoms with Gasteiger partial charge >= 0.3 is 0 Å². The van der Waals surface area contributed by atoms with Crippen LogP contribution in [-0.4, -0.2) is 46.1 Å². The number of hydrogen-bond donors (Lipinski definition) is 4. The molecule has 1 amide bonds. The van der Waals surface area contributed by atoms with Crippen LogP contribution in [0.4, 0.5) is 0 Å². The Kier molecular flexibility index (Phi) is 36.2. The summed E-state index contributed by atoms with van der Waals surface area (Å²) in [6.45, 7) is 4.21. The molecule has 0 spiro atoms. The van der Waals surface area contributed by atoms with Crippen LogP contribution in [0, 0.1) is 0 Å². The van der Waals surface area contributed by atoms with Gasteiger partial charge < -0.3 is 20.6 Å². The highest BCUT2D eigenvalue weighted by Crippen LogP contribution is 2.16. The first kappa shape index (κ1) is 45.1. The molecular weight excluding hydrogens is 570 g/mol. The smallest absolute Gasteiger partial charge is 0.222 e. The van der Waals surface area contributed by atoms with Crippen molar-refractivity contribution in [2.24, 2.45) is 0 Å². The Balaban J connectivity index is 3.56. The van der Waals surface area contributed by atoms with Crippen molar-refractivity contribution < 1.29 is 20.1 Å². The highest BCUT2D eigenvalue weighted by Gasteiger charge is 2.21. The maximum absolute atomic E-state index is 12.4. The average Bonchev–Trinajstić information content (AvgIpc) is 3.05. The van der Waals surface area contributed by atoms with Gasteiger partial charge in [-0.15, -0.1) is 0 Å². The van der Waals surface area contributed by atoms with Gasteiger partial charge in [-0.25, -0.2) is 0 Å². The quantitative estimate of drug-likeness (QED) is 0.0397. The summed E-state index contributed by atoms with van der Waals surface area (Å²) in [5.74, 6) is -0.293. The lowest BCUT2D eigenvalue weighted by atomic mass is 10.0. The molecule has 0 radical (unpaired) electrons. The van der Waals surface area contributed by atoms with Crippen molar-refractivity contribution in [3.63, 3.8) is 0 Å². The monoisotopic (exact) mass is 652 g/mol. The molecule has 3 unspecified atom stereocenters. The molecule has 0 aliphatic rings. The van der Waals surface area contributed by atoms with E-state index in [0.717, 1.165) is 44.9 Å². The summed E-state index contributed by atoms with van der Waals surface area (Å²) >= 11 is 0. The molecule has 0 aliphatic heterocycles. The van der Waals surface area contributed by atoms with E-state index in [0.29, 0.717) is 12.8 Å². The van der Waals surface area contributed by atoms with Crippen molar-refractivity contribution in [1.82, 2.24) is 5.32 Å². The maximum Gasteiger partial charge on any atom is 0.222 e. The Labute approximate surface area is 287 Å². The normalized spacial score (nSPS) is 13.8. The largest absolute Gasteiger partial charge is 0.394 e. The van der Waals surface area contributed by atoms with E-state index in [1.165, 1.54) is 141 Å². The molecule has 3 atom stereocenters. The minimum Gasteiger partial charge on any atom is -0.394 e. The molecule has 0 aromatic rings. The van der Waals surface area contributed by atoms with E-state index in [9.17, 15) is 20.1 Å². The van der Waals surface area contributed by atoms with Crippen LogP contribution in [0.3, 0.4) is 0 Å². The van der Waals surface area contributed by atoms with Gasteiger partial charge in [-0.3, -0.25) is 4.79 Å². The van der Waals surface area contributed by atoms with Crippen LogP contribution in [0.25, 0.3) is 0 Å². The van der Waals surface area contributed by atoms with E-state index < -0.39 is 18.2 Å². The van der Waals surface area contributed by atoms with Crippen LogP contribution in [0.5, 0.6) is 0 Å². The van der Waals surface area contributed by atoms with Crippen molar-refractivity contribution in [1.29, 1.82) is 0 Å². The first-order valence-corrected chi connectivity index (χ1v) is 20.5. The number of hydrogen-bond acceptors (Lipinski definition) is 4. The molecule has 4 N–H and O–H groups in total. The van der Waals surface area contributed by atoms with Crippen LogP contribution >= 0.6 is 0 Å². The molecule has 274 valence electrons. The van der Waals surface area contributed by atoms with Crippen molar-refractivity contribution in [2.45, 2.75) is 238 Å². The number of aliphatic hydroxyl groups is 3. The average molecular weight is 652 g/mol. The number of amides is 1. The van der Waals surface area contributed by atoms with Gasteiger partial charge in [0.2, 0.25) is 5.91 Å². The number of carbonyl (C=O) groups excluding carboxylic acids is 1. The summed E-state index contributed by atoms with van der Waals surface area (Å²) in [7, 11) is 0. The molecule has 0 aliphatic carbocycles. The number of aliphatic hydroxyl groups excluding tert-OH is 3. The van der Waals surface area contributed by atoms with Crippen molar-refractivity contribution >= 4 is 5.91 Å². The standard InChI is InChI=1S/C41H81NO4/c1-3-5-7-9-11-13-14-15-16-17-18-19-20-21-22-23-24-25-27-29-31-33-35-40(45)39(37-43)42-41(46)36-38(44)34-32-30-28-26-12-10-8-6-4-2/h10,12,38-40,43-45H,3-9,11,13-37H2,1-2H3,(H,42,46)/b12-10-. The molecule has 0 rings (SSSR count). The Morgan fingerprint density at radius 2 is 0.891 bits per heavy atom. The fourth-order valence-corrected chi connectivity index (χ4v) is 6.39. The second kappa shape index (κ2) is 36.9. The zero-order chi connectivity index (χ0) is 33.8. The van der Waals surface area contributed by atoms with Crippen LogP contribution in [-0.2, 0) is 4.79 Å². The molecule has 0 saturated heterocycles. The van der Waals surface area contributed by atoms with Gasteiger partial charge in [-0.1, -0.05) is 193 Å². The third-order valence-electron chi connectivity index (χ3n) is 9.58. The van der Waals surface area contributed by atoms with Crippen molar-refractivity contribution in [3.8, 4) is 0 Å². The summed E-state index contributed by atoms with van der Waals surface area (Å²) in [5.41, 5.74) is 0. The van der Waals surface area contributed by atoms with Crippen LogP contribution in [0.2, 0.25) is 0 Å². The first-order chi connectivity index (χ1) is 22.5. The molecule has 46 heavy (non-hydrogen) atoms. The number of unbranched alkanes of at least 4 members (excludes halogenated alkanes) is 26. The van der Waals surface area contributed by atoms with E-state index in [4.69, 9.17) is 0 Å². The summed E-state index contributed by atoms with van der Waals surface area (Å²) in [6.07, 6.45) is 41.9. The minimum atomic E-state index is -0.749. The second-order valence-electron chi connectivity index (χ2n) is 14.2. The number of allylic oxidation sites excluding steroid dienone is 2. The highest BCUT2D eigenvalue weighted by atomic mass is 16.3. The molecule has 0 fully saturated rings. The fourth-order valence-electron chi connectivity index (χ4n) is 6.39. The van der Waals surface area contributed by atoms with Gasteiger partial charge in [0.15, 0.2) is 0 Å². The fraction of sp³-hybridized carbons (Fsp3) is 0.927. The topological polar surface area (TPSA) is 89.8 Å². The first-order valence-electron chi connectivity index (χ1n) is 20.5. The zero-order valence-electron chi connectivity index (χ0n) is 31.0. The van der Waals surface area contributed by atoms with Crippen LogP contribution in [0.1, 0.15) is 219 Å². The second-order valence-corrected chi connectivity index (χ2v) is 14.2. The molecular formula is C41H81NO4. The third-order valence-corrected chi connectivity index (χ3v) is 9.58. The van der Waals surface area contributed by atoms with Gasteiger partial charge in [0, 0.05) is 0 Å². The summed E-state index contributed by atoms with van der Waals surface area (Å²) in [5, 5.41) is 33.2. The van der Waals surface area contributed by atoms with Gasteiger partial charge in [-0.2, -0.15) is 0 Å². The molecule has 0 heterocycles. The molecule has 5 heteroatoms. The molecule has 0 aromatic heterocycles. The Morgan fingerprint density at radius 3 is 1.33 bits per heavy atom. The predicted molar refractivity (Wildman–Crippen MR) is 199 cm³/mol. The minimum absolute atomic E-state index is 0.0273. The highest BCUT2D eigenvalue weighted by molar-refractivity contribution is 5.76. The SMILES string of the molecule is CCCC/C=C\CCCCCC(O)CC(=O)NC(CO)C(O)CCCCCCCCCCCCCCCCCCCCCCCC. The Hall–Kier alpha value is -0.910. The lowest BCUT2D eigenvalue weighted by molar-refractivity contribution is -0.125. The van der Waals surface area contributed by atoms with E-state index in [1.54, 1.807) is 0 Å². The van der Waals surface area contributed by atoms with Crippen LogP contribution in [0.15, 0.2) is 12.2 Å². The van der Waals surface area contributed by atoms with Crippen LogP contribution < -0.4 is 5.32 Å².